The number of halogens is 3. The number of aromatic nitrogens is 8. The summed E-state index contributed by atoms with van der Waals surface area (Å²) >= 11 is 6.57. The molecule has 5 aromatic heterocycles. The molecule has 8 aromatic rings. The maximum atomic E-state index is 12.9. The molecule has 0 spiro atoms. The third-order valence-corrected chi connectivity index (χ3v) is 17.0. The minimum Gasteiger partial charge on any atom is -0.400 e. The molecule has 0 bridgehead atoms. The van der Waals surface area contributed by atoms with Crippen LogP contribution in [0.1, 0.15) is 133 Å². The summed E-state index contributed by atoms with van der Waals surface area (Å²) < 4.78 is 18.4. The van der Waals surface area contributed by atoms with E-state index in [2.05, 4.69) is 80.7 Å². The third kappa shape index (κ3) is 16.4. The summed E-state index contributed by atoms with van der Waals surface area (Å²) in [5.41, 5.74) is 5.64. The Kier molecular flexibility index (Phi) is 22.5. The Morgan fingerprint density at radius 1 is 0.565 bits per heavy atom. The number of hydrogen-bond acceptors (Lipinski definition) is 12. The summed E-state index contributed by atoms with van der Waals surface area (Å²) in [5, 5.41) is 19.4. The largest absolute Gasteiger partial charge is 0.486 e. The van der Waals surface area contributed by atoms with Crippen molar-refractivity contribution in [2.45, 2.75) is 137 Å². The lowest BCUT2D eigenvalue weighted by atomic mass is 9.90. The SMILES string of the molecule is C=CB1OC(C)(C)C(C)(C)O1.C=Cc1ccc2c(=O)n3c(nc2c1)CCC(C)CC3.CC1CCc2nc3cc(/C=C/c4cccc(C#N)n4)ccc3c(=O)n2CC1.CC1CCc2nc3cc(Br)ccc3c(=O)n2CC1.Cl.N#Cc1cccc(Br)n1. The van der Waals surface area contributed by atoms with Crippen LogP contribution in [0, 0.1) is 40.4 Å². The summed E-state index contributed by atoms with van der Waals surface area (Å²) in [4.78, 5) is 60.1. The Morgan fingerprint density at radius 2 is 0.988 bits per heavy atom. The van der Waals surface area contributed by atoms with Crippen molar-refractivity contribution in [1.29, 1.82) is 10.5 Å². The maximum absolute atomic E-state index is 12.9. The molecule has 15 nitrogen and oxygen atoms in total. The molecule has 0 saturated carbocycles. The van der Waals surface area contributed by atoms with Crippen molar-refractivity contribution in [3.05, 3.63) is 196 Å². The fourth-order valence-electron chi connectivity index (χ4n) is 10.2. The number of hydrogen-bond donors (Lipinski definition) is 0. The number of nitriles is 2. The first-order chi connectivity index (χ1) is 40.2. The van der Waals surface area contributed by atoms with Gasteiger partial charge >= 0.3 is 7.12 Å². The first kappa shape index (κ1) is 65.4. The molecule has 3 aromatic carbocycles. The second-order valence-corrected chi connectivity index (χ2v) is 24.6. The molecule has 0 radical (unpaired) electrons. The van der Waals surface area contributed by atoms with E-state index in [1.165, 1.54) is 0 Å². The predicted octanol–water partition coefficient (Wildman–Crippen LogP) is 13.9. The minimum atomic E-state index is -0.250. The van der Waals surface area contributed by atoms with E-state index in [9.17, 15) is 14.4 Å². The monoisotopic (exact) mass is 1290 g/mol. The van der Waals surface area contributed by atoms with Gasteiger partial charge in [0.2, 0.25) is 0 Å². The van der Waals surface area contributed by atoms with Crippen LogP contribution >= 0.6 is 44.3 Å². The van der Waals surface area contributed by atoms with Crippen LogP contribution in [0.25, 0.3) is 50.9 Å². The highest BCUT2D eigenvalue weighted by Gasteiger charge is 2.49. The Morgan fingerprint density at radius 3 is 1.41 bits per heavy atom. The van der Waals surface area contributed by atoms with Gasteiger partial charge in [0, 0.05) is 43.4 Å². The Bertz CT molecular complexity index is 4040. The van der Waals surface area contributed by atoms with Crippen molar-refractivity contribution in [2.75, 3.05) is 0 Å². The van der Waals surface area contributed by atoms with Gasteiger partial charge in [-0.2, -0.15) is 10.5 Å². The molecule has 3 atom stereocenters. The van der Waals surface area contributed by atoms with Crippen molar-refractivity contribution >= 4 is 102 Å². The summed E-state index contributed by atoms with van der Waals surface area (Å²) in [6.45, 7) is 24.5. The van der Waals surface area contributed by atoms with Crippen LogP contribution in [0.15, 0.2) is 134 Å². The summed E-state index contributed by atoms with van der Waals surface area (Å²) in [6, 6.07) is 31.6. The fraction of sp³-hybridized carbons (Fsp3) is 0.364. The normalized spacial score (nSPS) is 18.1. The zero-order valence-corrected chi connectivity index (χ0v) is 53.3. The first-order valence-electron chi connectivity index (χ1n) is 28.6. The second-order valence-electron chi connectivity index (χ2n) is 22.9. The van der Waals surface area contributed by atoms with E-state index in [0.29, 0.717) is 44.5 Å². The van der Waals surface area contributed by atoms with E-state index in [4.69, 9.17) is 29.8 Å². The lowest BCUT2D eigenvalue weighted by Crippen LogP contribution is -2.41. The van der Waals surface area contributed by atoms with Crippen LogP contribution in [0.2, 0.25) is 0 Å². The number of fused-ring (bicyclic) bond motifs is 6. The number of aryl methyl sites for hydroxylation is 3. The Balaban J connectivity index is 0.000000159. The summed E-state index contributed by atoms with van der Waals surface area (Å²) in [5.74, 6) is 6.38. The molecule has 9 heterocycles. The second kappa shape index (κ2) is 29.3. The van der Waals surface area contributed by atoms with Gasteiger partial charge in [0.15, 0.2) is 0 Å². The van der Waals surface area contributed by atoms with Gasteiger partial charge in [-0.3, -0.25) is 28.1 Å². The predicted molar refractivity (Wildman–Crippen MR) is 350 cm³/mol. The number of nitrogens with zero attached hydrogens (tertiary/aromatic N) is 10. The molecule has 19 heteroatoms. The van der Waals surface area contributed by atoms with Gasteiger partial charge < -0.3 is 9.31 Å². The van der Waals surface area contributed by atoms with Crippen molar-refractivity contribution < 1.29 is 9.31 Å². The van der Waals surface area contributed by atoms with Crippen LogP contribution in [-0.2, 0) is 48.2 Å². The maximum Gasteiger partial charge on any atom is 0.486 e. The molecule has 1 saturated heterocycles. The van der Waals surface area contributed by atoms with Crippen LogP contribution in [-0.4, -0.2) is 56.9 Å². The third-order valence-electron chi connectivity index (χ3n) is 16.1. The van der Waals surface area contributed by atoms with Crippen LogP contribution in [0.5, 0.6) is 0 Å². The van der Waals surface area contributed by atoms with Gasteiger partial charge in [-0.1, -0.05) is 85.7 Å². The minimum absolute atomic E-state index is 0. The zero-order valence-electron chi connectivity index (χ0n) is 49.4. The molecule has 12 rings (SSSR count). The highest BCUT2D eigenvalue weighted by atomic mass is 79.9. The van der Waals surface area contributed by atoms with E-state index >= 15 is 0 Å². The smallest absolute Gasteiger partial charge is 0.400 e. The Labute approximate surface area is 520 Å². The van der Waals surface area contributed by atoms with Crippen LogP contribution in [0.4, 0.5) is 0 Å². The van der Waals surface area contributed by atoms with E-state index in [1.807, 2.05) is 132 Å². The molecule has 1 fully saturated rings. The van der Waals surface area contributed by atoms with Crippen LogP contribution < -0.4 is 16.7 Å². The summed E-state index contributed by atoms with van der Waals surface area (Å²) in [7, 11) is -0.250. The van der Waals surface area contributed by atoms with Crippen molar-refractivity contribution in [2.24, 2.45) is 17.8 Å². The highest BCUT2D eigenvalue weighted by Crippen LogP contribution is 2.36. The van der Waals surface area contributed by atoms with Gasteiger partial charge in [0.1, 0.15) is 45.6 Å². The molecule has 440 valence electrons. The molecule has 85 heavy (non-hydrogen) atoms. The standard InChI is InChI=1S/C22H20N4O.C16H18N2O.C14H15BrN2O.C8H15BO2.C6H3BrN2.ClH/c1-15-5-10-21-25-20-13-16(6-8-17-3-2-4-18(14-23)24-17)7-9-19(20)22(27)26(21)12-11-15;1-3-12-5-6-13-14(10-12)17-15-7-4-11(2)8-9-18(15)16(13)19;1-9-2-5-13-16-12-8-10(15)3-4-11(12)14(18)17(13)7-6-9;1-6-9-10-7(2,3)8(4,5)11-9;7-6-3-1-2-5(4-8)9-6;/h2-4,6-9,13,15H,5,10-12H2,1H3;3,5-6,10-11H,1,4,7-9H2,2H3;3-4,8-9H,2,5-7H2,1H3;6H,1H2,2-5H3;1-3H;1H/b8-6+;;;;;. The van der Waals surface area contributed by atoms with Crippen molar-refractivity contribution in [1.82, 2.24) is 38.6 Å². The first-order valence-corrected chi connectivity index (χ1v) is 30.2. The topological polar surface area (TPSA) is 196 Å². The number of benzene rings is 3. The molecule has 0 amide bonds. The zero-order chi connectivity index (χ0) is 60.3. The average Bonchev–Trinajstić information content (AvgIpc) is 3.94. The van der Waals surface area contributed by atoms with Gasteiger partial charge in [-0.05, 0) is 184 Å². The lowest BCUT2D eigenvalue weighted by Gasteiger charge is -2.32. The van der Waals surface area contributed by atoms with Gasteiger partial charge in [-0.15, -0.1) is 19.0 Å². The molecule has 4 aliphatic heterocycles. The average molecular weight is 1290 g/mol. The highest BCUT2D eigenvalue weighted by molar-refractivity contribution is 9.10. The molecule has 0 N–H and O–H groups in total. The fourth-order valence-corrected chi connectivity index (χ4v) is 10.8. The van der Waals surface area contributed by atoms with Crippen molar-refractivity contribution in [3.63, 3.8) is 0 Å². The van der Waals surface area contributed by atoms with Crippen LogP contribution in [0.3, 0.4) is 0 Å². The number of rotatable bonds is 4. The molecular weight excluding hydrogens is 1220 g/mol. The van der Waals surface area contributed by atoms with Crippen molar-refractivity contribution in [3.8, 4) is 12.1 Å². The van der Waals surface area contributed by atoms with Gasteiger partial charge in [0.05, 0.1) is 49.6 Å². The molecule has 0 aliphatic carbocycles. The van der Waals surface area contributed by atoms with Gasteiger partial charge in [0.25, 0.3) is 16.7 Å². The molecule has 4 aliphatic rings. The number of pyridine rings is 2. The van der Waals surface area contributed by atoms with E-state index in [0.717, 1.165) is 138 Å². The quantitative estimate of drug-likeness (QED) is 0.120. The molecular formula is C66H72BBr2ClN10O5. The molecule has 3 unspecified atom stereocenters. The summed E-state index contributed by atoms with van der Waals surface area (Å²) in [6.07, 6.45) is 14.7. The Hall–Kier alpha value is -7.19. The van der Waals surface area contributed by atoms with E-state index < -0.39 is 0 Å². The van der Waals surface area contributed by atoms with E-state index in [-0.39, 0.29) is 47.4 Å². The van der Waals surface area contributed by atoms with E-state index in [1.54, 1.807) is 36.3 Å². The van der Waals surface area contributed by atoms with Gasteiger partial charge in [-0.25, -0.2) is 24.9 Å². The lowest BCUT2D eigenvalue weighted by molar-refractivity contribution is 0.00578.